The molecule has 204 valence electrons. The van der Waals surface area contributed by atoms with Crippen molar-refractivity contribution < 1.29 is 14.2 Å². The molecule has 0 radical (unpaired) electrons. The van der Waals surface area contributed by atoms with Gasteiger partial charge in [-0.15, -0.1) is 0 Å². The SMILES string of the molecule is CCC1(CC)OC1(CC)C(CC)(OC(CC)(c1ccccc1)C1(CC)OC1(CC)CC)c1ccccc1. The maximum atomic E-state index is 8.00. The standard InChI is InChI=1S/C34H50O3/c1-9-29(10-2)33(15-7,35-29)31(13-5,27-23-19-17-20-24-27)37-32(14-6,28-25-21-18-22-26-28)34(16-8)30(11-3,12-4)36-34/h17-26H,9-16H2,1-8H3. The van der Waals surface area contributed by atoms with E-state index < -0.39 is 22.4 Å². The van der Waals surface area contributed by atoms with E-state index in [0.717, 1.165) is 51.4 Å². The molecule has 0 aliphatic carbocycles. The van der Waals surface area contributed by atoms with Crippen molar-refractivity contribution in [3.8, 4) is 0 Å². The molecule has 2 aliphatic rings. The predicted octanol–water partition coefficient (Wildman–Crippen LogP) is 9.09. The number of benzene rings is 2. The Labute approximate surface area is 226 Å². The van der Waals surface area contributed by atoms with Gasteiger partial charge in [-0.25, -0.2) is 0 Å². The first kappa shape index (κ1) is 28.3. The van der Waals surface area contributed by atoms with Crippen LogP contribution >= 0.6 is 0 Å². The number of rotatable bonds is 14. The second-order valence-electron chi connectivity index (χ2n) is 11.2. The van der Waals surface area contributed by atoms with E-state index in [-0.39, 0.29) is 11.2 Å². The Bertz CT molecular complexity index is 944. The minimum Gasteiger partial charge on any atom is -0.359 e. The highest BCUT2D eigenvalue weighted by atomic mass is 16.7. The summed E-state index contributed by atoms with van der Waals surface area (Å²) in [4.78, 5) is 0. The number of hydrogen-bond donors (Lipinski definition) is 0. The first-order valence-electron chi connectivity index (χ1n) is 15.0. The molecule has 0 saturated carbocycles. The molecule has 3 heteroatoms. The Hall–Kier alpha value is -1.68. The average Bonchev–Trinajstić information content (AvgIpc) is 3.86. The fourth-order valence-electron chi connectivity index (χ4n) is 8.39. The lowest BCUT2D eigenvalue weighted by atomic mass is 9.66. The summed E-state index contributed by atoms with van der Waals surface area (Å²) in [5.41, 5.74) is -0.0192. The third kappa shape index (κ3) is 3.56. The molecule has 37 heavy (non-hydrogen) atoms. The number of ether oxygens (including phenoxy) is 3. The maximum absolute atomic E-state index is 8.00. The van der Waals surface area contributed by atoms with Crippen molar-refractivity contribution in [2.75, 3.05) is 0 Å². The van der Waals surface area contributed by atoms with Gasteiger partial charge in [0.15, 0.2) is 0 Å². The molecule has 2 aliphatic heterocycles. The molecule has 0 spiro atoms. The highest BCUT2D eigenvalue weighted by molar-refractivity contribution is 5.40. The molecule has 2 saturated heterocycles. The predicted molar refractivity (Wildman–Crippen MR) is 153 cm³/mol. The van der Waals surface area contributed by atoms with Crippen LogP contribution in [0.15, 0.2) is 60.7 Å². The Balaban J connectivity index is 2.03. The minimum absolute atomic E-state index is 0.194. The first-order valence-corrected chi connectivity index (χ1v) is 15.0. The fraction of sp³-hybridized carbons (Fsp3) is 0.647. The van der Waals surface area contributed by atoms with Gasteiger partial charge in [-0.1, -0.05) is 116 Å². The van der Waals surface area contributed by atoms with Gasteiger partial charge in [0, 0.05) is 0 Å². The Morgan fingerprint density at radius 1 is 0.514 bits per heavy atom. The lowest BCUT2D eigenvalue weighted by Gasteiger charge is -2.51. The van der Waals surface area contributed by atoms with Gasteiger partial charge in [0.1, 0.15) is 33.6 Å². The molecule has 0 aromatic heterocycles. The highest BCUT2D eigenvalue weighted by Gasteiger charge is 2.81. The van der Waals surface area contributed by atoms with Crippen molar-refractivity contribution in [3.63, 3.8) is 0 Å². The van der Waals surface area contributed by atoms with Crippen molar-refractivity contribution in [2.24, 2.45) is 0 Å². The normalized spacial score (nSPS) is 28.8. The summed E-state index contributed by atoms with van der Waals surface area (Å²) >= 11 is 0. The van der Waals surface area contributed by atoms with Crippen LogP contribution in [0.3, 0.4) is 0 Å². The topological polar surface area (TPSA) is 34.3 Å². The van der Waals surface area contributed by atoms with E-state index in [1.165, 1.54) is 11.1 Å². The molecule has 2 heterocycles. The molecule has 4 unspecified atom stereocenters. The van der Waals surface area contributed by atoms with Gasteiger partial charge in [-0.2, -0.15) is 0 Å². The van der Waals surface area contributed by atoms with Crippen LogP contribution in [0.25, 0.3) is 0 Å². The molecule has 2 fully saturated rings. The zero-order valence-corrected chi connectivity index (χ0v) is 24.7. The van der Waals surface area contributed by atoms with Crippen LogP contribution in [0.4, 0.5) is 0 Å². The zero-order chi connectivity index (χ0) is 27.0. The molecular weight excluding hydrogens is 456 g/mol. The molecule has 0 bridgehead atoms. The third-order valence-corrected chi connectivity index (χ3v) is 10.5. The van der Waals surface area contributed by atoms with E-state index in [9.17, 15) is 0 Å². The number of hydrogen-bond acceptors (Lipinski definition) is 3. The van der Waals surface area contributed by atoms with Gasteiger partial charge in [-0.05, 0) is 62.5 Å². The summed E-state index contributed by atoms with van der Waals surface area (Å²) in [6.07, 6.45) is 7.36. The third-order valence-electron chi connectivity index (χ3n) is 10.5. The lowest BCUT2D eigenvalue weighted by Crippen LogP contribution is -2.58. The van der Waals surface area contributed by atoms with Gasteiger partial charge in [0.25, 0.3) is 0 Å². The molecule has 2 aromatic rings. The molecule has 0 amide bonds. The molecule has 4 atom stereocenters. The summed E-state index contributed by atoms with van der Waals surface area (Å²) in [7, 11) is 0. The van der Waals surface area contributed by atoms with Crippen LogP contribution < -0.4 is 0 Å². The van der Waals surface area contributed by atoms with Crippen molar-refractivity contribution in [3.05, 3.63) is 71.8 Å². The molecule has 3 nitrogen and oxygen atoms in total. The van der Waals surface area contributed by atoms with E-state index >= 15 is 0 Å². The van der Waals surface area contributed by atoms with Crippen molar-refractivity contribution >= 4 is 0 Å². The van der Waals surface area contributed by atoms with Gasteiger partial charge in [0.2, 0.25) is 0 Å². The fourth-order valence-corrected chi connectivity index (χ4v) is 8.39. The summed E-state index contributed by atoms with van der Waals surface area (Å²) < 4.78 is 22.0. The van der Waals surface area contributed by atoms with Crippen LogP contribution in [0, 0.1) is 0 Å². The number of epoxide rings is 2. The van der Waals surface area contributed by atoms with Gasteiger partial charge < -0.3 is 14.2 Å². The van der Waals surface area contributed by atoms with E-state index in [1.807, 2.05) is 0 Å². The Morgan fingerprint density at radius 2 is 0.838 bits per heavy atom. The van der Waals surface area contributed by atoms with Gasteiger partial charge >= 0.3 is 0 Å². The van der Waals surface area contributed by atoms with Gasteiger partial charge in [0.05, 0.1) is 0 Å². The summed E-state index contributed by atoms with van der Waals surface area (Å²) in [6, 6.07) is 21.8. The largest absolute Gasteiger partial charge is 0.359 e. The lowest BCUT2D eigenvalue weighted by molar-refractivity contribution is -0.233. The first-order chi connectivity index (χ1) is 17.8. The van der Waals surface area contributed by atoms with E-state index in [0.29, 0.717) is 0 Å². The van der Waals surface area contributed by atoms with Crippen molar-refractivity contribution in [2.45, 2.75) is 140 Å². The molecule has 2 aromatic carbocycles. The minimum atomic E-state index is -0.623. The van der Waals surface area contributed by atoms with Crippen LogP contribution in [-0.4, -0.2) is 22.4 Å². The summed E-state index contributed by atoms with van der Waals surface area (Å²) in [5.74, 6) is 0. The van der Waals surface area contributed by atoms with Gasteiger partial charge in [-0.3, -0.25) is 0 Å². The van der Waals surface area contributed by atoms with Crippen molar-refractivity contribution in [1.29, 1.82) is 0 Å². The summed E-state index contributed by atoms with van der Waals surface area (Å²) in [5, 5.41) is 0. The van der Waals surface area contributed by atoms with Crippen LogP contribution in [-0.2, 0) is 25.4 Å². The molecule has 0 N–H and O–H groups in total. The second-order valence-corrected chi connectivity index (χ2v) is 11.2. The second kappa shape index (κ2) is 10.1. The summed E-state index contributed by atoms with van der Waals surface area (Å²) in [6.45, 7) is 18.2. The maximum Gasteiger partial charge on any atom is 0.131 e. The van der Waals surface area contributed by atoms with Crippen LogP contribution in [0.5, 0.6) is 0 Å². The zero-order valence-electron chi connectivity index (χ0n) is 24.7. The Kier molecular flexibility index (Phi) is 7.76. The Morgan fingerprint density at radius 3 is 1.05 bits per heavy atom. The van der Waals surface area contributed by atoms with E-state index in [1.54, 1.807) is 0 Å². The van der Waals surface area contributed by atoms with Crippen molar-refractivity contribution in [1.82, 2.24) is 0 Å². The molecule has 4 rings (SSSR count). The molecular formula is C34H50O3. The smallest absolute Gasteiger partial charge is 0.131 e. The van der Waals surface area contributed by atoms with E-state index in [4.69, 9.17) is 14.2 Å². The highest BCUT2D eigenvalue weighted by Crippen LogP contribution is 2.71. The van der Waals surface area contributed by atoms with Crippen LogP contribution in [0.1, 0.15) is 118 Å². The van der Waals surface area contributed by atoms with E-state index in [2.05, 4.69) is 116 Å². The van der Waals surface area contributed by atoms with Crippen LogP contribution in [0.2, 0.25) is 0 Å². The average molecular weight is 507 g/mol. The quantitative estimate of drug-likeness (QED) is 0.240. The monoisotopic (exact) mass is 506 g/mol.